The van der Waals surface area contributed by atoms with E-state index in [2.05, 4.69) is 36.2 Å². The van der Waals surface area contributed by atoms with Crippen molar-refractivity contribution in [1.29, 1.82) is 0 Å². The smallest absolute Gasteiger partial charge is 0.122 e. The lowest BCUT2D eigenvalue weighted by Gasteiger charge is -2.34. The first kappa shape index (κ1) is 18.5. The molecule has 2 fully saturated rings. The molecule has 0 spiro atoms. The van der Waals surface area contributed by atoms with Gasteiger partial charge in [-0.1, -0.05) is 0 Å². The van der Waals surface area contributed by atoms with Gasteiger partial charge in [0.05, 0.1) is 26.4 Å². The fraction of sp³-hybridized carbons (Fsp3) is 0.700. The number of benzene rings is 1. The molecule has 1 N–H and O–H groups in total. The SMILES string of the molecule is COc1cc(CN2CC[C@H](NC3C[C@@H](C)O[C@H](C)C3)C2)cc(OC)c1. The third-order valence-electron chi connectivity index (χ3n) is 5.26. The maximum Gasteiger partial charge on any atom is 0.122 e. The van der Waals surface area contributed by atoms with E-state index < -0.39 is 0 Å². The van der Waals surface area contributed by atoms with Crippen molar-refractivity contribution in [1.82, 2.24) is 10.2 Å². The summed E-state index contributed by atoms with van der Waals surface area (Å²) in [7, 11) is 3.40. The Morgan fingerprint density at radius 2 is 1.68 bits per heavy atom. The van der Waals surface area contributed by atoms with Crippen LogP contribution in [0.15, 0.2) is 18.2 Å². The van der Waals surface area contributed by atoms with Gasteiger partial charge in [0.25, 0.3) is 0 Å². The number of nitrogens with one attached hydrogen (secondary N) is 1. The molecule has 140 valence electrons. The van der Waals surface area contributed by atoms with Crippen molar-refractivity contribution in [3.05, 3.63) is 23.8 Å². The molecular weight excluding hydrogens is 316 g/mol. The molecule has 3 atom stereocenters. The van der Waals surface area contributed by atoms with E-state index in [4.69, 9.17) is 14.2 Å². The zero-order chi connectivity index (χ0) is 17.8. The predicted molar refractivity (Wildman–Crippen MR) is 99.4 cm³/mol. The first-order chi connectivity index (χ1) is 12.1. The highest BCUT2D eigenvalue weighted by Crippen LogP contribution is 2.25. The van der Waals surface area contributed by atoms with Crippen LogP contribution in [0.3, 0.4) is 0 Å². The molecule has 3 rings (SSSR count). The Morgan fingerprint density at radius 3 is 2.28 bits per heavy atom. The van der Waals surface area contributed by atoms with Gasteiger partial charge in [-0.15, -0.1) is 0 Å². The zero-order valence-electron chi connectivity index (χ0n) is 16.0. The van der Waals surface area contributed by atoms with Crippen molar-refractivity contribution in [3.8, 4) is 11.5 Å². The number of ether oxygens (including phenoxy) is 3. The van der Waals surface area contributed by atoms with E-state index in [9.17, 15) is 0 Å². The molecule has 2 aliphatic heterocycles. The van der Waals surface area contributed by atoms with Gasteiger partial charge in [-0.2, -0.15) is 0 Å². The maximum absolute atomic E-state index is 5.85. The molecule has 0 unspecified atom stereocenters. The molecule has 0 aromatic heterocycles. The Labute approximate surface area is 151 Å². The number of methoxy groups -OCH3 is 2. The summed E-state index contributed by atoms with van der Waals surface area (Å²) in [6.45, 7) is 7.53. The van der Waals surface area contributed by atoms with Crippen molar-refractivity contribution in [2.24, 2.45) is 0 Å². The number of hydrogen-bond donors (Lipinski definition) is 1. The largest absolute Gasteiger partial charge is 0.497 e. The predicted octanol–water partition coefficient (Wildman–Crippen LogP) is 2.82. The molecule has 5 nitrogen and oxygen atoms in total. The molecule has 1 aromatic rings. The normalized spacial score (nSPS) is 30.4. The van der Waals surface area contributed by atoms with E-state index in [0.29, 0.717) is 24.3 Å². The van der Waals surface area contributed by atoms with Crippen molar-refractivity contribution in [2.75, 3.05) is 27.3 Å². The molecule has 5 heteroatoms. The molecule has 0 bridgehead atoms. The minimum atomic E-state index is 0.364. The van der Waals surface area contributed by atoms with Crippen LogP contribution in [-0.4, -0.2) is 56.5 Å². The van der Waals surface area contributed by atoms with Crippen molar-refractivity contribution < 1.29 is 14.2 Å². The summed E-state index contributed by atoms with van der Waals surface area (Å²) in [5, 5.41) is 3.87. The van der Waals surface area contributed by atoms with Crippen molar-refractivity contribution in [2.45, 2.75) is 63.9 Å². The summed E-state index contributed by atoms with van der Waals surface area (Å²) >= 11 is 0. The van der Waals surface area contributed by atoms with Crippen LogP contribution >= 0.6 is 0 Å². The first-order valence-corrected chi connectivity index (χ1v) is 9.41. The van der Waals surface area contributed by atoms with Crippen LogP contribution in [0.1, 0.15) is 38.7 Å². The highest BCUT2D eigenvalue weighted by Gasteiger charge is 2.29. The summed E-state index contributed by atoms with van der Waals surface area (Å²) in [5.74, 6) is 1.71. The molecule has 0 radical (unpaired) electrons. The molecule has 0 aliphatic carbocycles. The molecule has 0 amide bonds. The van der Waals surface area contributed by atoms with Crippen LogP contribution in [0.25, 0.3) is 0 Å². The van der Waals surface area contributed by atoms with E-state index in [1.807, 2.05) is 6.07 Å². The number of nitrogens with zero attached hydrogens (tertiary/aromatic N) is 1. The van der Waals surface area contributed by atoms with Crippen LogP contribution in [0.5, 0.6) is 11.5 Å². The molecule has 2 aliphatic rings. The zero-order valence-corrected chi connectivity index (χ0v) is 16.0. The molecule has 0 saturated carbocycles. The second-order valence-electron chi connectivity index (χ2n) is 7.53. The van der Waals surface area contributed by atoms with Crippen molar-refractivity contribution >= 4 is 0 Å². The van der Waals surface area contributed by atoms with E-state index in [-0.39, 0.29) is 0 Å². The molecule has 2 saturated heterocycles. The van der Waals surface area contributed by atoms with E-state index >= 15 is 0 Å². The molecule has 25 heavy (non-hydrogen) atoms. The van der Waals surface area contributed by atoms with Crippen LogP contribution in [0.4, 0.5) is 0 Å². The van der Waals surface area contributed by atoms with Gasteiger partial charge < -0.3 is 19.5 Å². The Bertz CT molecular complexity index is 534. The van der Waals surface area contributed by atoms with Crippen molar-refractivity contribution in [3.63, 3.8) is 0 Å². The fourth-order valence-corrected chi connectivity index (χ4v) is 4.20. The average molecular weight is 348 g/mol. The maximum atomic E-state index is 5.85. The Hall–Kier alpha value is -1.30. The van der Waals surface area contributed by atoms with Crippen LogP contribution < -0.4 is 14.8 Å². The van der Waals surface area contributed by atoms with Gasteiger partial charge in [0, 0.05) is 37.8 Å². The number of hydrogen-bond acceptors (Lipinski definition) is 5. The standard InChI is InChI=1S/C20H32N2O3/c1-14-7-18(8-15(2)25-14)21-17-5-6-22(13-17)12-16-9-19(23-3)11-20(10-16)24-4/h9-11,14-15,17-18,21H,5-8,12-13H2,1-4H3/t14-,15-,17+/m1/s1. The molecular formula is C20H32N2O3. The van der Waals surface area contributed by atoms with Crippen LogP contribution in [-0.2, 0) is 11.3 Å². The Kier molecular flexibility index (Phi) is 6.20. The molecule has 2 heterocycles. The summed E-state index contributed by atoms with van der Waals surface area (Å²) in [5.41, 5.74) is 1.24. The summed E-state index contributed by atoms with van der Waals surface area (Å²) in [6.07, 6.45) is 4.18. The minimum absolute atomic E-state index is 0.364. The quantitative estimate of drug-likeness (QED) is 0.856. The monoisotopic (exact) mass is 348 g/mol. The van der Waals surface area contributed by atoms with Gasteiger partial charge in [0.15, 0.2) is 0 Å². The second-order valence-corrected chi connectivity index (χ2v) is 7.53. The summed E-state index contributed by atoms with van der Waals surface area (Å²) in [4.78, 5) is 2.51. The van der Waals surface area contributed by atoms with Gasteiger partial charge in [0.2, 0.25) is 0 Å². The number of likely N-dealkylation sites (tertiary alicyclic amines) is 1. The number of rotatable bonds is 6. The van der Waals surface area contributed by atoms with Gasteiger partial charge in [-0.25, -0.2) is 0 Å². The van der Waals surface area contributed by atoms with E-state index in [1.165, 1.54) is 12.0 Å². The highest BCUT2D eigenvalue weighted by atomic mass is 16.5. The van der Waals surface area contributed by atoms with Gasteiger partial charge in [-0.3, -0.25) is 4.90 Å². The van der Waals surface area contributed by atoms with Gasteiger partial charge in [0.1, 0.15) is 11.5 Å². The third kappa shape index (κ3) is 5.09. The lowest BCUT2D eigenvalue weighted by atomic mass is 9.99. The van der Waals surface area contributed by atoms with Gasteiger partial charge in [-0.05, 0) is 50.8 Å². The third-order valence-corrected chi connectivity index (χ3v) is 5.26. The minimum Gasteiger partial charge on any atom is -0.497 e. The average Bonchev–Trinajstić information content (AvgIpc) is 3.00. The second kappa shape index (κ2) is 8.39. The Morgan fingerprint density at radius 1 is 1.04 bits per heavy atom. The van der Waals surface area contributed by atoms with Crippen LogP contribution in [0.2, 0.25) is 0 Å². The fourth-order valence-electron chi connectivity index (χ4n) is 4.20. The summed E-state index contributed by atoms with van der Waals surface area (Å²) in [6, 6.07) is 7.29. The molecule has 1 aromatic carbocycles. The topological polar surface area (TPSA) is 43.0 Å². The first-order valence-electron chi connectivity index (χ1n) is 9.41. The highest BCUT2D eigenvalue weighted by molar-refractivity contribution is 5.38. The van der Waals surface area contributed by atoms with E-state index in [0.717, 1.165) is 44.0 Å². The lowest BCUT2D eigenvalue weighted by molar-refractivity contribution is -0.0434. The van der Waals surface area contributed by atoms with E-state index in [1.54, 1.807) is 14.2 Å². The lowest BCUT2D eigenvalue weighted by Crippen LogP contribution is -2.46. The van der Waals surface area contributed by atoms with Gasteiger partial charge >= 0.3 is 0 Å². The Balaban J connectivity index is 1.53. The van der Waals surface area contributed by atoms with Crippen LogP contribution in [0, 0.1) is 0 Å². The summed E-state index contributed by atoms with van der Waals surface area (Å²) < 4.78 is 16.6.